The summed E-state index contributed by atoms with van der Waals surface area (Å²) >= 11 is 0. The lowest BCUT2D eigenvalue weighted by Gasteiger charge is -2.13. The van der Waals surface area contributed by atoms with Gasteiger partial charge in [-0.2, -0.15) is 0 Å². The Kier molecular flexibility index (Phi) is 4.40. The molecule has 2 amide bonds. The molecule has 0 bridgehead atoms. The number of allylic oxidation sites excluding steroid dienone is 1. The number of rotatable bonds is 2. The van der Waals surface area contributed by atoms with Crippen LogP contribution in [0.3, 0.4) is 0 Å². The first-order valence-electron chi connectivity index (χ1n) is 6.56. The standard InChI is InChI=1S/C15H20N2O/c1-12-6-5-9-14(10-12)17-15(18)16-11-13-7-3-2-4-8-13/h5-6,9-11H,2-4,7-8H2,1H3,(H2,16,17,18). The second kappa shape index (κ2) is 6.24. The van der Waals surface area contributed by atoms with Crippen molar-refractivity contribution < 1.29 is 4.79 Å². The van der Waals surface area contributed by atoms with Gasteiger partial charge in [0.15, 0.2) is 0 Å². The maximum Gasteiger partial charge on any atom is 0.323 e. The van der Waals surface area contributed by atoms with Crippen LogP contribution in [0.15, 0.2) is 36.0 Å². The molecule has 1 aliphatic carbocycles. The molecule has 0 atom stereocenters. The predicted octanol–water partition coefficient (Wildman–Crippen LogP) is 3.96. The van der Waals surface area contributed by atoms with E-state index in [1.54, 1.807) is 0 Å². The van der Waals surface area contributed by atoms with Crippen molar-refractivity contribution in [2.24, 2.45) is 0 Å². The van der Waals surface area contributed by atoms with Gasteiger partial charge in [-0.05, 0) is 50.3 Å². The van der Waals surface area contributed by atoms with E-state index in [9.17, 15) is 4.79 Å². The number of hydrogen-bond donors (Lipinski definition) is 2. The lowest BCUT2D eigenvalue weighted by Crippen LogP contribution is -2.24. The molecule has 0 aliphatic heterocycles. The molecule has 2 N–H and O–H groups in total. The molecule has 0 unspecified atom stereocenters. The minimum absolute atomic E-state index is 0.168. The van der Waals surface area contributed by atoms with Crippen molar-refractivity contribution in [3.05, 3.63) is 41.6 Å². The Morgan fingerprint density at radius 3 is 2.72 bits per heavy atom. The molecular formula is C15H20N2O. The van der Waals surface area contributed by atoms with Crippen LogP contribution in [0.2, 0.25) is 0 Å². The normalized spacial score (nSPS) is 15.1. The van der Waals surface area contributed by atoms with Gasteiger partial charge in [0.05, 0.1) is 0 Å². The van der Waals surface area contributed by atoms with Crippen LogP contribution in [0, 0.1) is 6.92 Å². The van der Waals surface area contributed by atoms with E-state index in [0.29, 0.717) is 0 Å². The molecule has 0 spiro atoms. The molecular weight excluding hydrogens is 224 g/mol. The smallest absolute Gasteiger partial charge is 0.314 e. The van der Waals surface area contributed by atoms with Crippen LogP contribution in [-0.2, 0) is 0 Å². The minimum Gasteiger partial charge on any atom is -0.314 e. The summed E-state index contributed by atoms with van der Waals surface area (Å²) in [5.74, 6) is 0. The van der Waals surface area contributed by atoms with Crippen molar-refractivity contribution in [2.45, 2.75) is 39.0 Å². The summed E-state index contributed by atoms with van der Waals surface area (Å²) < 4.78 is 0. The fraction of sp³-hybridized carbons (Fsp3) is 0.400. The molecule has 0 radical (unpaired) electrons. The monoisotopic (exact) mass is 244 g/mol. The lowest BCUT2D eigenvalue weighted by atomic mass is 9.96. The number of urea groups is 1. The first kappa shape index (κ1) is 12.7. The zero-order valence-electron chi connectivity index (χ0n) is 10.8. The third-order valence-electron chi connectivity index (χ3n) is 3.18. The summed E-state index contributed by atoms with van der Waals surface area (Å²) in [4.78, 5) is 11.7. The van der Waals surface area contributed by atoms with Crippen molar-refractivity contribution in [1.29, 1.82) is 0 Å². The van der Waals surface area contributed by atoms with E-state index in [0.717, 1.165) is 24.1 Å². The van der Waals surface area contributed by atoms with Crippen LogP contribution in [0.4, 0.5) is 10.5 Å². The highest BCUT2D eigenvalue weighted by molar-refractivity contribution is 5.89. The Labute approximate surface area is 108 Å². The number of carbonyl (C=O) groups is 1. The van der Waals surface area contributed by atoms with Crippen molar-refractivity contribution in [3.63, 3.8) is 0 Å². The zero-order chi connectivity index (χ0) is 12.8. The zero-order valence-corrected chi connectivity index (χ0v) is 10.8. The SMILES string of the molecule is Cc1cccc(NC(=O)NC=C2CCCCC2)c1. The fourth-order valence-electron chi connectivity index (χ4n) is 2.21. The van der Waals surface area contributed by atoms with Gasteiger partial charge in [-0.25, -0.2) is 4.79 Å². The quantitative estimate of drug-likeness (QED) is 0.812. The number of benzene rings is 1. The molecule has 1 aromatic rings. The minimum atomic E-state index is -0.168. The molecule has 1 aliphatic rings. The van der Waals surface area contributed by atoms with Crippen LogP contribution >= 0.6 is 0 Å². The second-order valence-electron chi connectivity index (χ2n) is 4.83. The number of hydrogen-bond acceptors (Lipinski definition) is 1. The van der Waals surface area contributed by atoms with E-state index in [2.05, 4.69) is 10.6 Å². The third kappa shape index (κ3) is 3.91. The summed E-state index contributed by atoms with van der Waals surface area (Å²) in [6, 6.07) is 7.62. The highest BCUT2D eigenvalue weighted by Crippen LogP contribution is 2.21. The molecule has 3 heteroatoms. The molecule has 1 fully saturated rings. The first-order valence-corrected chi connectivity index (χ1v) is 6.56. The van der Waals surface area contributed by atoms with Crippen molar-refractivity contribution >= 4 is 11.7 Å². The molecule has 3 nitrogen and oxygen atoms in total. The third-order valence-corrected chi connectivity index (χ3v) is 3.18. The molecule has 2 rings (SSSR count). The highest BCUT2D eigenvalue weighted by atomic mass is 16.2. The number of aryl methyl sites for hydroxylation is 1. The molecule has 0 aromatic heterocycles. The van der Waals surface area contributed by atoms with Gasteiger partial charge in [0.2, 0.25) is 0 Å². The Morgan fingerprint density at radius 1 is 1.22 bits per heavy atom. The van der Waals surface area contributed by atoms with Crippen LogP contribution in [0.1, 0.15) is 37.7 Å². The van der Waals surface area contributed by atoms with Crippen LogP contribution in [0.25, 0.3) is 0 Å². The van der Waals surface area contributed by atoms with E-state index in [-0.39, 0.29) is 6.03 Å². The summed E-state index contributed by atoms with van der Waals surface area (Å²) in [6.07, 6.45) is 7.90. The summed E-state index contributed by atoms with van der Waals surface area (Å²) in [6.45, 7) is 2.01. The molecule has 1 saturated carbocycles. The Bertz CT molecular complexity index is 444. The number of nitrogens with one attached hydrogen (secondary N) is 2. The van der Waals surface area contributed by atoms with Gasteiger partial charge in [0.1, 0.15) is 0 Å². The van der Waals surface area contributed by atoms with Gasteiger partial charge in [0.25, 0.3) is 0 Å². The van der Waals surface area contributed by atoms with Gasteiger partial charge >= 0.3 is 6.03 Å². The first-order chi connectivity index (χ1) is 8.74. The Balaban J connectivity index is 1.85. The Hall–Kier alpha value is -1.77. The average molecular weight is 244 g/mol. The van der Waals surface area contributed by atoms with Crippen LogP contribution in [0.5, 0.6) is 0 Å². The summed E-state index contributed by atoms with van der Waals surface area (Å²) in [5.41, 5.74) is 3.31. The predicted molar refractivity (Wildman–Crippen MR) is 74.5 cm³/mol. The van der Waals surface area contributed by atoms with E-state index >= 15 is 0 Å². The van der Waals surface area contributed by atoms with Gasteiger partial charge in [-0.15, -0.1) is 0 Å². The topological polar surface area (TPSA) is 41.1 Å². The van der Waals surface area contributed by atoms with Crippen LogP contribution in [-0.4, -0.2) is 6.03 Å². The van der Waals surface area contributed by atoms with E-state index < -0.39 is 0 Å². The molecule has 1 aromatic carbocycles. The molecule has 0 heterocycles. The largest absolute Gasteiger partial charge is 0.323 e. The van der Waals surface area contributed by atoms with E-state index in [1.807, 2.05) is 37.4 Å². The van der Waals surface area contributed by atoms with E-state index in [4.69, 9.17) is 0 Å². The lowest BCUT2D eigenvalue weighted by molar-refractivity contribution is 0.255. The van der Waals surface area contributed by atoms with Crippen LogP contribution < -0.4 is 10.6 Å². The second-order valence-corrected chi connectivity index (χ2v) is 4.83. The van der Waals surface area contributed by atoms with Gasteiger partial charge in [-0.1, -0.05) is 24.1 Å². The molecule has 0 saturated heterocycles. The van der Waals surface area contributed by atoms with E-state index in [1.165, 1.54) is 24.8 Å². The van der Waals surface area contributed by atoms with Gasteiger partial charge < -0.3 is 10.6 Å². The highest BCUT2D eigenvalue weighted by Gasteiger charge is 2.06. The number of anilines is 1. The van der Waals surface area contributed by atoms with Crippen molar-refractivity contribution in [1.82, 2.24) is 5.32 Å². The average Bonchev–Trinajstić information content (AvgIpc) is 2.38. The number of amides is 2. The Morgan fingerprint density at radius 2 is 2.00 bits per heavy atom. The van der Waals surface area contributed by atoms with Crippen molar-refractivity contribution in [2.75, 3.05) is 5.32 Å². The maximum atomic E-state index is 11.7. The number of carbonyl (C=O) groups excluding carboxylic acids is 1. The summed E-state index contributed by atoms with van der Waals surface area (Å²) in [7, 11) is 0. The maximum absolute atomic E-state index is 11.7. The fourth-order valence-corrected chi connectivity index (χ4v) is 2.21. The van der Waals surface area contributed by atoms with Crippen molar-refractivity contribution in [3.8, 4) is 0 Å². The molecule has 96 valence electrons. The van der Waals surface area contributed by atoms with Gasteiger partial charge in [-0.3, -0.25) is 0 Å². The summed E-state index contributed by atoms with van der Waals surface area (Å²) in [5, 5.41) is 5.64. The molecule has 18 heavy (non-hydrogen) atoms. The van der Waals surface area contributed by atoms with Gasteiger partial charge in [0, 0.05) is 11.9 Å².